The first kappa shape index (κ1) is 25.1. The van der Waals surface area contributed by atoms with Gasteiger partial charge in [0, 0.05) is 0 Å². The van der Waals surface area contributed by atoms with Crippen molar-refractivity contribution >= 4 is 5.97 Å². The van der Waals surface area contributed by atoms with Crippen molar-refractivity contribution < 1.29 is 40.6 Å². The average molecular weight is 485 g/mol. The molecule has 9 heteroatoms. The summed E-state index contributed by atoms with van der Waals surface area (Å²) in [5.41, 5.74) is -5.42. The summed E-state index contributed by atoms with van der Waals surface area (Å²) in [5.74, 6) is 0.700. The fourth-order valence-corrected chi connectivity index (χ4v) is 8.14. The smallest absolute Gasteiger partial charge is 0.426 e. The van der Waals surface area contributed by atoms with E-state index in [9.17, 15) is 31.1 Å². The normalized spacial score (nSPS) is 40.4. The number of carbonyl (C=O) groups excluding carboxylic acids is 1. The first-order chi connectivity index (χ1) is 15.0. The van der Waals surface area contributed by atoms with Gasteiger partial charge in [-0.2, -0.15) is 26.3 Å². The van der Waals surface area contributed by atoms with Crippen LogP contribution in [0.2, 0.25) is 0 Å². The highest BCUT2D eigenvalue weighted by Crippen LogP contribution is 2.72. The number of halogens is 6. The van der Waals surface area contributed by atoms with E-state index in [-0.39, 0.29) is 17.8 Å². The molecule has 0 aromatic carbocycles. The van der Waals surface area contributed by atoms with Crippen LogP contribution < -0.4 is 0 Å². The first-order valence-corrected chi connectivity index (χ1v) is 12.0. The third kappa shape index (κ3) is 3.98. The molecule has 0 aliphatic heterocycles. The second kappa shape index (κ2) is 7.76. The maximum atomic E-state index is 14.1. The van der Waals surface area contributed by atoms with Crippen LogP contribution in [0.1, 0.15) is 60.3 Å². The largest absolute Gasteiger partial charge is 0.458 e. The molecule has 4 bridgehead atoms. The Balaban J connectivity index is 1.56. The molecule has 0 saturated heterocycles. The van der Waals surface area contributed by atoms with Gasteiger partial charge in [0.15, 0.2) is 0 Å². The fourth-order valence-electron chi connectivity index (χ4n) is 8.14. The molecule has 4 saturated carbocycles. The highest BCUT2D eigenvalue weighted by atomic mass is 19.4. The maximum Gasteiger partial charge on any atom is 0.426 e. The molecule has 33 heavy (non-hydrogen) atoms. The van der Waals surface area contributed by atoms with E-state index in [0.717, 1.165) is 6.42 Å². The van der Waals surface area contributed by atoms with Crippen molar-refractivity contribution in [3.63, 3.8) is 0 Å². The van der Waals surface area contributed by atoms with E-state index in [4.69, 9.17) is 4.74 Å². The molecule has 0 aromatic rings. The fraction of sp³-hybridized carbons (Fsp3) is 0.958. The number of esters is 1. The Labute approximate surface area is 190 Å². The number of fused-ring (bicyclic) bond motifs is 9. The molecule has 3 nitrogen and oxygen atoms in total. The molecule has 4 aliphatic rings. The lowest BCUT2D eigenvalue weighted by Crippen LogP contribution is -2.61. The summed E-state index contributed by atoms with van der Waals surface area (Å²) in [5, 5.41) is 0. The average Bonchev–Trinajstić information content (AvgIpc) is 3.35. The minimum atomic E-state index is -5.70. The topological polar surface area (TPSA) is 35.5 Å². The van der Waals surface area contributed by atoms with Crippen LogP contribution in [0.3, 0.4) is 0 Å². The standard InChI is InChI=1S/C24H34F6O3/c1-11-12(2)16-8-15(11)19-13-6-14(17(7-13)20(16)19)9-22(23(25,26)27,24(28,29)30)32-10-18(31)33-21(3,4)5/h11-17,19-20H,6-10H2,1-5H3. The zero-order chi connectivity index (χ0) is 24.7. The van der Waals surface area contributed by atoms with E-state index in [1.807, 2.05) is 0 Å². The number of hydrogen-bond acceptors (Lipinski definition) is 3. The van der Waals surface area contributed by atoms with Gasteiger partial charge in [-0.15, -0.1) is 0 Å². The second-order valence-corrected chi connectivity index (χ2v) is 12.0. The summed E-state index contributed by atoms with van der Waals surface area (Å²) in [6, 6.07) is 0. The van der Waals surface area contributed by atoms with Crippen LogP contribution in [0.15, 0.2) is 0 Å². The Kier molecular flexibility index (Phi) is 5.90. The number of ether oxygens (including phenoxy) is 2. The lowest BCUT2D eigenvalue weighted by atomic mass is 9.61. The van der Waals surface area contributed by atoms with Gasteiger partial charge in [0.25, 0.3) is 5.60 Å². The van der Waals surface area contributed by atoms with Crippen LogP contribution in [0.4, 0.5) is 26.3 Å². The highest BCUT2D eigenvalue weighted by Gasteiger charge is 2.75. The molecule has 4 fully saturated rings. The highest BCUT2D eigenvalue weighted by molar-refractivity contribution is 5.71. The van der Waals surface area contributed by atoms with Crippen molar-refractivity contribution in [1.29, 1.82) is 0 Å². The maximum absolute atomic E-state index is 14.1. The molecular formula is C24H34F6O3. The van der Waals surface area contributed by atoms with Gasteiger partial charge in [0.05, 0.1) is 0 Å². The van der Waals surface area contributed by atoms with Gasteiger partial charge in [-0.25, -0.2) is 4.79 Å². The van der Waals surface area contributed by atoms with Crippen molar-refractivity contribution in [2.75, 3.05) is 6.61 Å². The minimum absolute atomic E-state index is 0.140. The van der Waals surface area contributed by atoms with Gasteiger partial charge in [0.1, 0.15) is 12.2 Å². The van der Waals surface area contributed by atoms with Crippen LogP contribution >= 0.6 is 0 Å². The predicted molar refractivity (Wildman–Crippen MR) is 108 cm³/mol. The number of rotatable bonds is 5. The first-order valence-electron chi connectivity index (χ1n) is 12.0. The second-order valence-electron chi connectivity index (χ2n) is 12.0. The van der Waals surface area contributed by atoms with Gasteiger partial charge in [-0.1, -0.05) is 13.8 Å². The van der Waals surface area contributed by atoms with Crippen molar-refractivity contribution in [1.82, 2.24) is 0 Å². The van der Waals surface area contributed by atoms with Gasteiger partial charge in [-0.05, 0) is 99.7 Å². The summed E-state index contributed by atoms with van der Waals surface area (Å²) < 4.78 is 94.0. The third-order valence-corrected chi connectivity index (χ3v) is 9.30. The summed E-state index contributed by atoms with van der Waals surface area (Å²) in [4.78, 5) is 11.9. The van der Waals surface area contributed by atoms with Crippen LogP contribution in [-0.4, -0.2) is 36.1 Å². The SMILES string of the molecule is CC1C(C)C2CC1C1C3CC(CC(OCC(=O)OC(C)(C)C)(C(F)(F)F)C(F)(F)F)C(C3)C21. The van der Waals surface area contributed by atoms with Gasteiger partial charge in [-0.3, -0.25) is 0 Å². The van der Waals surface area contributed by atoms with E-state index < -0.39 is 48.5 Å². The molecule has 4 rings (SSSR count). The van der Waals surface area contributed by atoms with Crippen molar-refractivity contribution in [3.8, 4) is 0 Å². The monoisotopic (exact) mass is 484 g/mol. The molecule has 9 unspecified atom stereocenters. The molecular weight excluding hydrogens is 450 g/mol. The zero-order valence-electron chi connectivity index (χ0n) is 19.7. The Morgan fingerprint density at radius 1 is 0.818 bits per heavy atom. The Morgan fingerprint density at radius 2 is 1.36 bits per heavy atom. The van der Waals surface area contributed by atoms with Crippen molar-refractivity contribution in [2.45, 2.75) is 83.9 Å². The minimum Gasteiger partial charge on any atom is -0.458 e. The van der Waals surface area contributed by atoms with E-state index >= 15 is 0 Å². The van der Waals surface area contributed by atoms with Crippen molar-refractivity contribution in [3.05, 3.63) is 0 Å². The molecule has 0 spiro atoms. The third-order valence-electron chi connectivity index (χ3n) is 9.30. The van der Waals surface area contributed by atoms with Crippen LogP contribution in [0.25, 0.3) is 0 Å². The Bertz CT molecular complexity index is 756. The number of carbonyl (C=O) groups is 1. The quantitative estimate of drug-likeness (QED) is 0.257. The van der Waals surface area contributed by atoms with E-state index in [1.165, 1.54) is 20.8 Å². The van der Waals surface area contributed by atoms with Crippen LogP contribution in [-0.2, 0) is 14.3 Å². The zero-order valence-corrected chi connectivity index (χ0v) is 19.7. The Hall–Kier alpha value is -0.990. The lowest BCUT2D eigenvalue weighted by molar-refractivity contribution is -0.385. The van der Waals surface area contributed by atoms with Gasteiger partial charge in [0.2, 0.25) is 0 Å². The van der Waals surface area contributed by atoms with Gasteiger partial charge < -0.3 is 9.47 Å². The molecule has 190 valence electrons. The summed E-state index contributed by atoms with van der Waals surface area (Å²) in [7, 11) is 0. The van der Waals surface area contributed by atoms with Gasteiger partial charge >= 0.3 is 18.3 Å². The molecule has 0 radical (unpaired) electrons. The predicted octanol–water partition coefficient (Wildman–Crippen LogP) is 6.41. The van der Waals surface area contributed by atoms with E-state index in [0.29, 0.717) is 42.4 Å². The summed E-state index contributed by atoms with van der Waals surface area (Å²) in [6.45, 7) is 7.45. The molecule has 0 aromatic heterocycles. The summed E-state index contributed by atoms with van der Waals surface area (Å²) in [6.07, 6.45) is -10.5. The molecule has 4 aliphatic carbocycles. The molecule has 0 amide bonds. The van der Waals surface area contributed by atoms with Crippen molar-refractivity contribution in [2.24, 2.45) is 53.3 Å². The number of hydrogen-bond donors (Lipinski definition) is 0. The number of alkyl halides is 6. The lowest BCUT2D eigenvalue weighted by Gasteiger charge is -2.46. The van der Waals surface area contributed by atoms with E-state index in [2.05, 4.69) is 18.6 Å². The summed E-state index contributed by atoms with van der Waals surface area (Å²) >= 11 is 0. The van der Waals surface area contributed by atoms with E-state index in [1.54, 1.807) is 0 Å². The molecule has 9 atom stereocenters. The Morgan fingerprint density at radius 3 is 1.88 bits per heavy atom. The van der Waals surface area contributed by atoms with Crippen LogP contribution in [0.5, 0.6) is 0 Å². The molecule has 0 heterocycles. The molecule has 0 N–H and O–H groups in total. The van der Waals surface area contributed by atoms with Crippen LogP contribution in [0, 0.1) is 53.3 Å².